The topological polar surface area (TPSA) is 58.9 Å². The first-order chi connectivity index (χ1) is 17.1. The van der Waals surface area contributed by atoms with Crippen LogP contribution in [0.2, 0.25) is 0 Å². The van der Waals surface area contributed by atoms with E-state index in [1.54, 1.807) is 0 Å². The highest BCUT2D eigenvalue weighted by Crippen LogP contribution is 2.34. The first kappa shape index (κ1) is 22.5. The lowest BCUT2D eigenvalue weighted by molar-refractivity contribution is 0.0337. The van der Waals surface area contributed by atoms with Crippen LogP contribution in [0, 0.1) is 0 Å². The summed E-state index contributed by atoms with van der Waals surface area (Å²) >= 11 is 0. The number of anilines is 1. The number of pyridine rings is 1. The molecule has 0 N–H and O–H groups in total. The van der Waals surface area contributed by atoms with Crippen LogP contribution in [0.5, 0.6) is 5.75 Å². The van der Waals surface area contributed by atoms with Gasteiger partial charge in [0.25, 0.3) is 0 Å². The first-order valence-corrected chi connectivity index (χ1v) is 12.7. The lowest BCUT2D eigenvalue weighted by Crippen LogP contribution is -2.49. The van der Waals surface area contributed by atoms with Gasteiger partial charge in [0.05, 0.1) is 24.6 Å². The zero-order chi connectivity index (χ0) is 23.8. The Labute approximate surface area is 207 Å². The molecule has 35 heavy (non-hydrogen) atoms. The average Bonchev–Trinajstić information content (AvgIpc) is 3.32. The Balaban J connectivity index is 1.16. The third kappa shape index (κ3) is 4.66. The second kappa shape index (κ2) is 9.60. The van der Waals surface area contributed by atoms with Crippen molar-refractivity contribution in [3.8, 4) is 22.6 Å². The van der Waals surface area contributed by atoms with Crippen LogP contribution >= 0.6 is 0 Å². The summed E-state index contributed by atoms with van der Waals surface area (Å²) in [6, 6.07) is 11.3. The van der Waals surface area contributed by atoms with Crippen molar-refractivity contribution in [3.05, 3.63) is 54.2 Å². The smallest absolute Gasteiger partial charge is 0.151 e. The van der Waals surface area contributed by atoms with Gasteiger partial charge in [0.2, 0.25) is 0 Å². The number of imidazole rings is 1. The highest BCUT2D eigenvalue weighted by atomic mass is 16.5. The largest absolute Gasteiger partial charge is 0.483 e. The summed E-state index contributed by atoms with van der Waals surface area (Å²) < 4.78 is 13.8. The monoisotopic (exact) mass is 474 g/mol. The molecule has 0 bridgehead atoms. The molecule has 0 aliphatic carbocycles. The fourth-order valence-corrected chi connectivity index (χ4v) is 5.21. The maximum absolute atomic E-state index is 6.11. The van der Waals surface area contributed by atoms with Crippen molar-refractivity contribution in [2.24, 2.45) is 0 Å². The molecule has 2 aromatic heterocycles. The zero-order valence-corrected chi connectivity index (χ0v) is 20.7. The molecule has 184 valence electrons. The Morgan fingerprint density at radius 2 is 1.74 bits per heavy atom. The van der Waals surface area contributed by atoms with Crippen LogP contribution in [-0.4, -0.2) is 82.9 Å². The molecule has 0 radical (unpaired) electrons. The lowest BCUT2D eigenvalue weighted by Gasteiger charge is -2.37. The second-order valence-corrected chi connectivity index (χ2v) is 9.90. The van der Waals surface area contributed by atoms with Gasteiger partial charge in [0, 0.05) is 69.8 Å². The van der Waals surface area contributed by atoms with E-state index in [4.69, 9.17) is 19.4 Å². The molecule has 3 aliphatic rings. The number of aromatic nitrogens is 3. The summed E-state index contributed by atoms with van der Waals surface area (Å²) in [6.07, 6.45) is 4.14. The number of rotatable bonds is 5. The molecule has 3 aliphatic heterocycles. The number of morpholine rings is 1. The molecule has 0 atom stereocenters. The van der Waals surface area contributed by atoms with Gasteiger partial charge in [-0.3, -0.25) is 14.4 Å². The molecular formula is C27H34N6O2. The van der Waals surface area contributed by atoms with E-state index in [9.17, 15) is 0 Å². The van der Waals surface area contributed by atoms with E-state index < -0.39 is 0 Å². The van der Waals surface area contributed by atoms with Gasteiger partial charge in [0.1, 0.15) is 18.2 Å². The zero-order valence-electron chi connectivity index (χ0n) is 20.7. The minimum Gasteiger partial charge on any atom is -0.483 e. The van der Waals surface area contributed by atoms with E-state index in [-0.39, 0.29) is 0 Å². The van der Waals surface area contributed by atoms with E-state index in [0.717, 1.165) is 98.9 Å². The lowest BCUT2D eigenvalue weighted by atomic mass is 10.1. The second-order valence-electron chi connectivity index (χ2n) is 9.90. The highest BCUT2D eigenvalue weighted by molar-refractivity contribution is 5.69. The number of benzene rings is 1. The van der Waals surface area contributed by atoms with E-state index in [1.165, 1.54) is 0 Å². The minimum atomic E-state index is 0.485. The molecular weight excluding hydrogens is 440 g/mol. The quantitative estimate of drug-likeness (QED) is 0.563. The number of fused-ring (bicyclic) bond motifs is 3. The number of piperazine rings is 1. The van der Waals surface area contributed by atoms with Gasteiger partial charge in [-0.15, -0.1) is 0 Å². The molecule has 6 rings (SSSR count). The van der Waals surface area contributed by atoms with Gasteiger partial charge in [-0.25, -0.2) is 9.97 Å². The van der Waals surface area contributed by atoms with Crippen molar-refractivity contribution in [3.63, 3.8) is 0 Å². The number of ether oxygens (including phenoxy) is 2. The predicted octanol–water partition coefficient (Wildman–Crippen LogP) is 3.19. The van der Waals surface area contributed by atoms with Crippen molar-refractivity contribution in [2.45, 2.75) is 33.0 Å². The Morgan fingerprint density at radius 1 is 0.943 bits per heavy atom. The number of hydrogen-bond donors (Lipinski definition) is 0. The molecule has 0 spiro atoms. The minimum absolute atomic E-state index is 0.485. The third-order valence-corrected chi connectivity index (χ3v) is 7.34. The van der Waals surface area contributed by atoms with Gasteiger partial charge < -0.3 is 14.4 Å². The molecule has 3 aromatic rings. The molecule has 2 saturated heterocycles. The van der Waals surface area contributed by atoms with Crippen molar-refractivity contribution in [2.75, 3.05) is 57.4 Å². The van der Waals surface area contributed by atoms with Crippen LogP contribution in [0.15, 0.2) is 42.7 Å². The Morgan fingerprint density at radius 3 is 2.49 bits per heavy atom. The summed E-state index contributed by atoms with van der Waals surface area (Å²) in [5.41, 5.74) is 4.34. The molecule has 8 nitrogen and oxygen atoms in total. The molecule has 2 fully saturated rings. The predicted molar refractivity (Wildman–Crippen MR) is 136 cm³/mol. The van der Waals surface area contributed by atoms with E-state index in [1.807, 2.05) is 6.20 Å². The molecule has 8 heteroatoms. The summed E-state index contributed by atoms with van der Waals surface area (Å²) in [5, 5.41) is 0. The Bertz CT molecular complexity index is 1160. The SMILES string of the molecule is CC(C)N1CCN(c2ccc(-c3ccc4c(c3)OCc3nc(CN5CCOCC5)cn3-4)cn2)CC1. The number of nitrogens with zero attached hydrogens (tertiary/aromatic N) is 6. The summed E-state index contributed by atoms with van der Waals surface area (Å²) in [5.74, 6) is 2.90. The molecule has 0 saturated carbocycles. The van der Waals surface area contributed by atoms with E-state index >= 15 is 0 Å². The van der Waals surface area contributed by atoms with Crippen molar-refractivity contribution in [1.29, 1.82) is 0 Å². The van der Waals surface area contributed by atoms with Crippen LogP contribution in [0.25, 0.3) is 16.8 Å². The van der Waals surface area contributed by atoms with Crippen molar-refractivity contribution in [1.82, 2.24) is 24.3 Å². The first-order valence-electron chi connectivity index (χ1n) is 12.7. The van der Waals surface area contributed by atoms with Crippen molar-refractivity contribution >= 4 is 5.82 Å². The van der Waals surface area contributed by atoms with Crippen LogP contribution < -0.4 is 9.64 Å². The van der Waals surface area contributed by atoms with Crippen LogP contribution in [0.4, 0.5) is 5.82 Å². The Hall–Kier alpha value is -2.94. The molecule has 1 aromatic carbocycles. The Kier molecular flexibility index (Phi) is 6.18. The molecule has 0 amide bonds. The van der Waals surface area contributed by atoms with Gasteiger partial charge >= 0.3 is 0 Å². The maximum atomic E-state index is 6.11. The van der Waals surface area contributed by atoms with Gasteiger partial charge in [-0.05, 0) is 43.7 Å². The van der Waals surface area contributed by atoms with Crippen molar-refractivity contribution < 1.29 is 9.47 Å². The molecule has 0 unspecified atom stereocenters. The van der Waals surface area contributed by atoms with Gasteiger partial charge in [-0.1, -0.05) is 6.07 Å². The van der Waals surface area contributed by atoms with E-state index in [2.05, 4.69) is 69.6 Å². The maximum Gasteiger partial charge on any atom is 0.151 e. The van der Waals surface area contributed by atoms with Gasteiger partial charge in [0.15, 0.2) is 5.82 Å². The van der Waals surface area contributed by atoms with Crippen LogP contribution in [0.1, 0.15) is 25.4 Å². The fraction of sp³-hybridized carbons (Fsp3) is 0.481. The third-order valence-electron chi connectivity index (χ3n) is 7.34. The average molecular weight is 475 g/mol. The summed E-state index contributed by atoms with van der Waals surface area (Å²) in [4.78, 5) is 16.9. The van der Waals surface area contributed by atoms with E-state index in [0.29, 0.717) is 12.6 Å². The van der Waals surface area contributed by atoms with Crippen LogP contribution in [0.3, 0.4) is 0 Å². The van der Waals surface area contributed by atoms with Crippen LogP contribution in [-0.2, 0) is 17.9 Å². The molecule has 5 heterocycles. The standard InChI is InChI=1S/C27H34N6O2/c1-20(2)31-7-9-32(10-8-31)26-6-4-22(16-28-26)21-3-5-24-25(15-21)35-19-27-29-23(18-33(24)27)17-30-11-13-34-14-12-30/h3-6,15-16,18,20H,7-14,17,19H2,1-2H3. The van der Waals surface area contributed by atoms with Gasteiger partial charge in [-0.2, -0.15) is 0 Å². The normalized spacial score (nSPS) is 18.9. The summed E-state index contributed by atoms with van der Waals surface area (Å²) in [7, 11) is 0. The summed E-state index contributed by atoms with van der Waals surface area (Å²) in [6.45, 7) is 13.6. The fourth-order valence-electron chi connectivity index (χ4n) is 5.21. The highest BCUT2D eigenvalue weighted by Gasteiger charge is 2.22. The number of hydrogen-bond acceptors (Lipinski definition) is 7.